The quantitative estimate of drug-likeness (QED) is 0.824. The number of furan rings is 1. The summed E-state index contributed by atoms with van der Waals surface area (Å²) in [6.07, 6.45) is 1.76. The fourth-order valence-corrected chi connectivity index (χ4v) is 3.04. The summed E-state index contributed by atoms with van der Waals surface area (Å²) in [5.74, 6) is 1.61. The van der Waals surface area contributed by atoms with Crippen molar-refractivity contribution in [3.05, 3.63) is 22.6 Å². The van der Waals surface area contributed by atoms with E-state index in [0.29, 0.717) is 0 Å². The van der Waals surface area contributed by atoms with Crippen LogP contribution in [0.3, 0.4) is 0 Å². The molecule has 2 heterocycles. The van der Waals surface area contributed by atoms with Crippen molar-refractivity contribution in [1.82, 2.24) is 4.90 Å². The molecule has 0 N–H and O–H groups in total. The molecule has 1 aromatic rings. The predicted octanol–water partition coefficient (Wildman–Crippen LogP) is 1.61. The average molecular weight is 278 g/mol. The molecule has 2 rings (SSSR count). The van der Waals surface area contributed by atoms with Crippen LogP contribution in [0.5, 0.6) is 0 Å². The molecule has 1 fully saturated rings. The second kappa shape index (κ2) is 4.59. The summed E-state index contributed by atoms with van der Waals surface area (Å²) in [5, 5.41) is 0. The van der Waals surface area contributed by atoms with Crippen molar-refractivity contribution in [1.29, 1.82) is 0 Å². The number of rotatable bonds is 2. The molecule has 0 amide bonds. The van der Waals surface area contributed by atoms with Crippen molar-refractivity contribution in [3.63, 3.8) is 0 Å². The third kappa shape index (κ3) is 2.68. The van der Waals surface area contributed by atoms with Gasteiger partial charge in [0.25, 0.3) is 0 Å². The van der Waals surface area contributed by atoms with Gasteiger partial charge in [0.15, 0.2) is 4.67 Å². The van der Waals surface area contributed by atoms with Crippen LogP contribution in [0.25, 0.3) is 0 Å². The molecular formula is C9H12BrNO2S. The van der Waals surface area contributed by atoms with Crippen LogP contribution < -0.4 is 0 Å². The van der Waals surface area contributed by atoms with E-state index in [1.807, 2.05) is 6.07 Å². The first-order valence-electron chi connectivity index (χ1n) is 4.54. The lowest BCUT2D eigenvalue weighted by atomic mass is 10.3. The molecular weight excluding hydrogens is 266 g/mol. The number of hydrogen-bond acceptors (Lipinski definition) is 3. The molecule has 1 saturated heterocycles. The van der Waals surface area contributed by atoms with Crippen LogP contribution in [0.4, 0.5) is 0 Å². The van der Waals surface area contributed by atoms with Gasteiger partial charge in [0.2, 0.25) is 0 Å². The topological polar surface area (TPSA) is 33.5 Å². The highest BCUT2D eigenvalue weighted by Gasteiger charge is 2.15. The highest BCUT2D eigenvalue weighted by molar-refractivity contribution is 9.10. The Balaban J connectivity index is 1.89. The maximum Gasteiger partial charge on any atom is 0.169 e. The fourth-order valence-electron chi connectivity index (χ4n) is 1.52. The smallest absolute Gasteiger partial charge is 0.169 e. The molecule has 78 valence electrons. The molecule has 0 spiro atoms. The summed E-state index contributed by atoms with van der Waals surface area (Å²) in [6.45, 7) is 2.75. The van der Waals surface area contributed by atoms with E-state index < -0.39 is 10.8 Å². The maximum absolute atomic E-state index is 11.1. The lowest BCUT2D eigenvalue weighted by molar-refractivity contribution is 0.290. The van der Waals surface area contributed by atoms with Crippen molar-refractivity contribution in [2.75, 3.05) is 24.6 Å². The summed E-state index contributed by atoms with van der Waals surface area (Å²) in [6, 6.07) is 1.98. The molecule has 0 aromatic carbocycles. The van der Waals surface area contributed by atoms with E-state index in [9.17, 15) is 4.21 Å². The Morgan fingerprint density at radius 1 is 1.50 bits per heavy atom. The normalized spacial score (nSPS) is 20.1. The lowest BCUT2D eigenvalue weighted by Gasteiger charge is -2.25. The van der Waals surface area contributed by atoms with Crippen LogP contribution in [0.1, 0.15) is 5.56 Å². The number of nitrogens with zero attached hydrogens (tertiary/aromatic N) is 1. The SMILES string of the molecule is O=S1CCN(Cc2coc(Br)c2)CC1. The largest absolute Gasteiger partial charge is 0.457 e. The van der Waals surface area contributed by atoms with Crippen LogP contribution in [0, 0.1) is 0 Å². The van der Waals surface area contributed by atoms with Crippen LogP contribution in [-0.4, -0.2) is 33.7 Å². The third-order valence-electron chi connectivity index (χ3n) is 2.30. The second-order valence-corrected chi connectivity index (χ2v) is 5.86. The Kier molecular flexibility index (Phi) is 3.41. The van der Waals surface area contributed by atoms with Gasteiger partial charge in [-0.15, -0.1) is 0 Å². The van der Waals surface area contributed by atoms with Gasteiger partial charge in [-0.2, -0.15) is 0 Å². The van der Waals surface area contributed by atoms with Gasteiger partial charge >= 0.3 is 0 Å². The van der Waals surface area contributed by atoms with E-state index in [-0.39, 0.29) is 0 Å². The Bertz CT molecular complexity index is 329. The minimum atomic E-state index is -0.588. The summed E-state index contributed by atoms with van der Waals surface area (Å²) < 4.78 is 17.1. The van der Waals surface area contributed by atoms with Gasteiger partial charge in [0.05, 0.1) is 6.26 Å². The van der Waals surface area contributed by atoms with Crippen LogP contribution in [0.2, 0.25) is 0 Å². The zero-order chi connectivity index (χ0) is 9.97. The Morgan fingerprint density at radius 3 is 2.79 bits per heavy atom. The van der Waals surface area contributed by atoms with Gasteiger partial charge in [0, 0.05) is 47.5 Å². The van der Waals surface area contributed by atoms with E-state index in [2.05, 4.69) is 20.8 Å². The summed E-state index contributed by atoms with van der Waals surface area (Å²) in [7, 11) is -0.588. The Hall–Kier alpha value is -0.130. The zero-order valence-corrected chi connectivity index (χ0v) is 10.1. The monoisotopic (exact) mass is 277 g/mol. The zero-order valence-electron chi connectivity index (χ0n) is 7.74. The van der Waals surface area contributed by atoms with Gasteiger partial charge in [-0.3, -0.25) is 9.11 Å². The van der Waals surface area contributed by atoms with Gasteiger partial charge in [-0.05, 0) is 22.0 Å². The van der Waals surface area contributed by atoms with Crippen molar-refractivity contribution in [2.45, 2.75) is 6.54 Å². The second-order valence-electron chi connectivity index (χ2n) is 3.38. The molecule has 14 heavy (non-hydrogen) atoms. The summed E-state index contributed by atoms with van der Waals surface area (Å²) in [5.41, 5.74) is 1.17. The van der Waals surface area contributed by atoms with Crippen molar-refractivity contribution in [2.24, 2.45) is 0 Å². The highest BCUT2D eigenvalue weighted by atomic mass is 79.9. The van der Waals surface area contributed by atoms with Crippen LogP contribution in [-0.2, 0) is 17.3 Å². The Labute approximate surface area is 94.0 Å². The molecule has 0 aliphatic carbocycles. The molecule has 1 aliphatic rings. The summed E-state index contributed by atoms with van der Waals surface area (Å²) in [4.78, 5) is 2.30. The Morgan fingerprint density at radius 2 is 2.21 bits per heavy atom. The van der Waals surface area contributed by atoms with Gasteiger partial charge in [-0.25, -0.2) is 0 Å². The molecule has 1 aliphatic heterocycles. The molecule has 0 radical (unpaired) electrons. The molecule has 0 unspecified atom stereocenters. The number of hydrogen-bond donors (Lipinski definition) is 0. The minimum absolute atomic E-state index is 0.588. The van der Waals surface area contributed by atoms with Crippen molar-refractivity contribution in [3.8, 4) is 0 Å². The number of halogens is 1. The molecule has 1 aromatic heterocycles. The standard InChI is InChI=1S/C9H12BrNO2S/c10-9-5-8(7-13-9)6-11-1-3-14(12)4-2-11/h5,7H,1-4,6H2. The third-order valence-corrected chi connectivity index (χ3v) is 3.99. The molecule has 3 nitrogen and oxygen atoms in total. The highest BCUT2D eigenvalue weighted by Crippen LogP contribution is 2.16. The average Bonchev–Trinajstić information content (AvgIpc) is 2.56. The molecule has 0 atom stereocenters. The summed E-state index contributed by atoms with van der Waals surface area (Å²) >= 11 is 3.27. The van der Waals surface area contributed by atoms with Gasteiger partial charge < -0.3 is 4.42 Å². The van der Waals surface area contributed by atoms with Gasteiger partial charge in [-0.1, -0.05) is 0 Å². The van der Waals surface area contributed by atoms with Gasteiger partial charge in [0.1, 0.15) is 0 Å². The first-order chi connectivity index (χ1) is 6.74. The molecule has 5 heteroatoms. The van der Waals surface area contributed by atoms with E-state index in [4.69, 9.17) is 4.42 Å². The molecule has 0 saturated carbocycles. The first kappa shape index (κ1) is 10.4. The van der Waals surface area contributed by atoms with E-state index >= 15 is 0 Å². The van der Waals surface area contributed by atoms with Crippen molar-refractivity contribution >= 4 is 26.7 Å². The van der Waals surface area contributed by atoms with Crippen LogP contribution >= 0.6 is 15.9 Å². The van der Waals surface area contributed by atoms with E-state index in [1.54, 1.807) is 6.26 Å². The first-order valence-corrected chi connectivity index (χ1v) is 6.82. The predicted molar refractivity (Wildman–Crippen MR) is 59.6 cm³/mol. The fraction of sp³-hybridized carbons (Fsp3) is 0.556. The van der Waals surface area contributed by atoms with E-state index in [1.165, 1.54) is 5.56 Å². The van der Waals surface area contributed by atoms with E-state index in [0.717, 1.165) is 35.8 Å². The minimum Gasteiger partial charge on any atom is -0.457 e. The van der Waals surface area contributed by atoms with Crippen LogP contribution in [0.15, 0.2) is 21.4 Å². The lowest BCUT2D eigenvalue weighted by Crippen LogP contribution is -2.36. The maximum atomic E-state index is 11.1. The van der Waals surface area contributed by atoms with Crippen molar-refractivity contribution < 1.29 is 8.63 Å². The molecule has 0 bridgehead atoms.